The van der Waals surface area contributed by atoms with Crippen molar-refractivity contribution in [2.75, 3.05) is 13.3 Å². The van der Waals surface area contributed by atoms with Gasteiger partial charge in [-0.3, -0.25) is 4.79 Å². The fraction of sp³-hybridized carbons (Fsp3) is 0.800. The normalized spacial score (nSPS) is 10.8. The molecule has 0 N–H and O–H groups in total. The van der Waals surface area contributed by atoms with Crippen LogP contribution in [0.4, 0.5) is 0 Å². The molecule has 0 aliphatic rings. The predicted molar refractivity (Wildman–Crippen MR) is 33.7 cm³/mol. The van der Waals surface area contributed by atoms with E-state index >= 15 is 0 Å². The maximum Gasteiger partial charge on any atom is 0.308 e. The molecule has 0 radical (unpaired) electrons. The number of hydrogen-bond donors (Lipinski definition) is 0. The van der Waals surface area contributed by atoms with Gasteiger partial charge in [0.2, 0.25) is 0 Å². The minimum Gasteiger partial charge on any atom is -0.596 e. The molecule has 0 aromatic carbocycles. The lowest BCUT2D eigenvalue weighted by molar-refractivity contribution is -0.164. The van der Waals surface area contributed by atoms with Crippen LogP contribution in [0.3, 0.4) is 0 Å². The number of carbonyl (C=O) groups excluding carboxylic acids is 1. The minimum absolute atomic E-state index is 0.0600. The summed E-state index contributed by atoms with van der Waals surface area (Å²) in [7, 11) is -1.07. The zero-order chi connectivity index (χ0) is 7.98. The molecule has 0 rings (SSSR count). The summed E-state index contributed by atoms with van der Waals surface area (Å²) in [6.07, 6.45) is 0.593. The first-order chi connectivity index (χ1) is 4.66. The molecule has 0 amide bonds. The van der Waals surface area contributed by atoms with E-state index in [9.17, 15) is 14.3 Å². The maximum absolute atomic E-state index is 10.4. The molecule has 58 valence electrons. The van der Waals surface area contributed by atoms with Gasteiger partial charge in [-0.2, -0.15) is 0 Å². The Morgan fingerprint density at radius 1 is 1.70 bits per heavy atom. The van der Waals surface area contributed by atoms with Crippen LogP contribution in [0.1, 0.15) is 12.8 Å². The third kappa shape index (κ3) is 5.66. The topological polar surface area (TPSA) is 66.4 Å². The number of hydrogen-bond acceptors (Lipinski definition) is 4. The van der Waals surface area contributed by atoms with Crippen molar-refractivity contribution in [2.24, 2.45) is 0 Å². The molecule has 5 heteroatoms. The summed E-state index contributed by atoms with van der Waals surface area (Å²) in [6.45, 7) is 0. The van der Waals surface area contributed by atoms with Gasteiger partial charge in [0.25, 0.3) is 0 Å². The summed E-state index contributed by atoms with van der Waals surface area (Å²) >= 11 is 0. The first-order valence-electron chi connectivity index (χ1n) is 2.85. The first kappa shape index (κ1) is 9.53. The predicted octanol–water partition coefficient (Wildman–Crippen LogP) is 0.0423. The lowest BCUT2D eigenvalue weighted by Crippen LogP contribution is -2.01. The summed E-state index contributed by atoms with van der Waals surface area (Å²) < 4.78 is 14.3. The van der Waals surface area contributed by atoms with Gasteiger partial charge in [-0.1, -0.05) is 4.57 Å². The maximum atomic E-state index is 10.4. The Kier molecular flexibility index (Phi) is 5.08. The van der Waals surface area contributed by atoms with E-state index in [1.807, 2.05) is 0 Å². The SMILES string of the molecule is COC(=O)CCC[P+](=O)[O-]. The molecule has 0 saturated heterocycles. The molecule has 0 fully saturated rings. The van der Waals surface area contributed by atoms with Gasteiger partial charge in [-0.25, -0.2) is 0 Å². The van der Waals surface area contributed by atoms with E-state index in [0.29, 0.717) is 6.42 Å². The van der Waals surface area contributed by atoms with Crippen LogP contribution >= 0.6 is 8.03 Å². The minimum atomic E-state index is -2.34. The summed E-state index contributed by atoms with van der Waals surface area (Å²) in [4.78, 5) is 20.3. The van der Waals surface area contributed by atoms with Gasteiger partial charge in [0.1, 0.15) is 6.16 Å². The van der Waals surface area contributed by atoms with Crippen molar-refractivity contribution in [3.8, 4) is 0 Å². The largest absolute Gasteiger partial charge is 0.596 e. The lowest BCUT2D eigenvalue weighted by Gasteiger charge is -1.93. The number of esters is 1. The van der Waals surface area contributed by atoms with Crippen LogP contribution in [0.15, 0.2) is 0 Å². The molecular weight excluding hydrogens is 155 g/mol. The third-order valence-electron chi connectivity index (χ3n) is 0.949. The second-order valence-electron chi connectivity index (χ2n) is 1.74. The Hall–Kier alpha value is -0.470. The molecule has 0 aliphatic heterocycles. The average Bonchev–Trinajstić information content (AvgIpc) is 1.87. The molecule has 0 spiro atoms. The fourth-order valence-corrected chi connectivity index (χ4v) is 0.871. The summed E-state index contributed by atoms with van der Waals surface area (Å²) in [5.74, 6) is -0.364. The molecule has 0 heterocycles. The standard InChI is InChI=1S/C5H9O4P/c1-9-5(6)3-2-4-10(7)8/h2-4H2,1H3. The number of rotatable bonds is 4. The summed E-state index contributed by atoms with van der Waals surface area (Å²) in [5, 5.41) is 0. The van der Waals surface area contributed by atoms with Crippen molar-refractivity contribution in [3.63, 3.8) is 0 Å². The van der Waals surface area contributed by atoms with E-state index in [4.69, 9.17) is 0 Å². The van der Waals surface area contributed by atoms with Crippen molar-refractivity contribution in [1.29, 1.82) is 0 Å². The fourth-order valence-electron chi connectivity index (χ4n) is 0.455. The quantitative estimate of drug-likeness (QED) is 0.434. The van der Waals surface area contributed by atoms with E-state index in [1.165, 1.54) is 7.11 Å². The van der Waals surface area contributed by atoms with Crippen LogP contribution in [0.25, 0.3) is 0 Å². The molecule has 0 bridgehead atoms. The van der Waals surface area contributed by atoms with Gasteiger partial charge in [-0.05, 0) is 0 Å². The second-order valence-corrected chi connectivity index (χ2v) is 2.85. The number of ether oxygens (including phenoxy) is 1. The number of carbonyl (C=O) groups is 1. The van der Waals surface area contributed by atoms with Crippen LogP contribution in [0.5, 0.6) is 0 Å². The summed E-state index contributed by atoms with van der Waals surface area (Å²) in [6, 6.07) is 0. The van der Waals surface area contributed by atoms with Gasteiger partial charge in [0.05, 0.1) is 7.11 Å². The van der Waals surface area contributed by atoms with Crippen LogP contribution in [0.2, 0.25) is 0 Å². The first-order valence-corrected chi connectivity index (χ1v) is 4.21. The molecule has 1 unspecified atom stereocenters. The van der Waals surface area contributed by atoms with E-state index in [-0.39, 0.29) is 18.6 Å². The highest BCUT2D eigenvalue weighted by Gasteiger charge is 2.04. The van der Waals surface area contributed by atoms with E-state index in [2.05, 4.69) is 4.74 Å². The molecule has 0 aromatic rings. The van der Waals surface area contributed by atoms with Gasteiger partial charge in [-0.15, -0.1) is 0 Å². The Morgan fingerprint density at radius 3 is 2.70 bits per heavy atom. The lowest BCUT2D eigenvalue weighted by atomic mass is 10.3. The molecule has 0 saturated carbocycles. The highest BCUT2D eigenvalue weighted by atomic mass is 31.1. The van der Waals surface area contributed by atoms with E-state index in [1.54, 1.807) is 0 Å². The van der Waals surface area contributed by atoms with Crippen molar-refractivity contribution in [1.82, 2.24) is 0 Å². The molecule has 1 atom stereocenters. The summed E-state index contributed by atoms with van der Waals surface area (Å²) in [5.41, 5.74) is 0. The van der Waals surface area contributed by atoms with Crippen molar-refractivity contribution < 1.29 is 19.0 Å². The highest BCUT2D eigenvalue weighted by Crippen LogP contribution is 2.09. The average molecular weight is 164 g/mol. The van der Waals surface area contributed by atoms with Gasteiger partial charge < -0.3 is 9.63 Å². The Labute approximate surface area is 60.1 Å². The molecule has 10 heavy (non-hydrogen) atoms. The zero-order valence-corrected chi connectivity index (χ0v) is 6.60. The van der Waals surface area contributed by atoms with Gasteiger partial charge >= 0.3 is 14.0 Å². The van der Waals surface area contributed by atoms with Crippen molar-refractivity contribution in [2.45, 2.75) is 12.8 Å². The zero-order valence-electron chi connectivity index (χ0n) is 5.70. The van der Waals surface area contributed by atoms with E-state index in [0.717, 1.165) is 0 Å². The van der Waals surface area contributed by atoms with Gasteiger partial charge in [0.15, 0.2) is 0 Å². The van der Waals surface area contributed by atoms with Crippen molar-refractivity contribution in [3.05, 3.63) is 0 Å². The molecule has 4 nitrogen and oxygen atoms in total. The van der Waals surface area contributed by atoms with E-state index < -0.39 is 8.03 Å². The monoisotopic (exact) mass is 164 g/mol. The van der Waals surface area contributed by atoms with Crippen LogP contribution in [-0.2, 0) is 14.1 Å². The smallest absolute Gasteiger partial charge is 0.308 e. The Balaban J connectivity index is 3.20. The molecule has 0 aromatic heterocycles. The molecule has 0 aliphatic carbocycles. The van der Waals surface area contributed by atoms with Crippen molar-refractivity contribution >= 4 is 14.0 Å². The van der Waals surface area contributed by atoms with Crippen LogP contribution in [-0.4, -0.2) is 19.2 Å². The van der Waals surface area contributed by atoms with Gasteiger partial charge in [0, 0.05) is 12.8 Å². The Morgan fingerprint density at radius 2 is 2.30 bits per heavy atom. The second kappa shape index (κ2) is 5.33. The van der Waals surface area contributed by atoms with Crippen LogP contribution < -0.4 is 4.89 Å². The third-order valence-corrected chi connectivity index (χ3v) is 1.63. The highest BCUT2D eigenvalue weighted by molar-refractivity contribution is 7.36. The van der Waals surface area contributed by atoms with Crippen LogP contribution in [0, 0.1) is 0 Å². The molecular formula is C5H9O4P. The number of methoxy groups -OCH3 is 1. The Bertz CT molecular complexity index is 134.